The number of hydrogen-bond donors (Lipinski definition) is 2. The van der Waals surface area contributed by atoms with E-state index in [-0.39, 0.29) is 42.0 Å². The van der Waals surface area contributed by atoms with Crippen molar-refractivity contribution in [1.29, 1.82) is 5.26 Å². The number of nitrogens with one attached hydrogen (secondary N) is 1. The lowest BCUT2D eigenvalue weighted by Crippen LogP contribution is -2.35. The van der Waals surface area contributed by atoms with Gasteiger partial charge in [0.15, 0.2) is 5.69 Å². The van der Waals surface area contributed by atoms with E-state index < -0.39 is 35.4 Å². The monoisotopic (exact) mass is 473 g/mol. The van der Waals surface area contributed by atoms with Crippen molar-refractivity contribution in [3.05, 3.63) is 76.4 Å². The van der Waals surface area contributed by atoms with Gasteiger partial charge < -0.3 is 15.3 Å². The summed E-state index contributed by atoms with van der Waals surface area (Å²) in [6.07, 6.45) is -5.91. The number of anilines is 1. The topological polar surface area (TPSA) is 111 Å². The first-order valence-corrected chi connectivity index (χ1v) is 9.85. The molecule has 0 fully saturated rings. The van der Waals surface area contributed by atoms with Gasteiger partial charge >= 0.3 is 12.3 Å². The minimum Gasteiger partial charge on any atom is -0.465 e. The lowest BCUT2D eigenvalue weighted by Gasteiger charge is -2.27. The molecule has 0 spiro atoms. The van der Waals surface area contributed by atoms with E-state index in [9.17, 15) is 22.8 Å². The molecule has 1 aliphatic rings. The van der Waals surface area contributed by atoms with Crippen molar-refractivity contribution in [3.8, 4) is 11.8 Å². The van der Waals surface area contributed by atoms with Crippen LogP contribution in [-0.4, -0.2) is 38.3 Å². The highest BCUT2D eigenvalue weighted by atomic mass is 19.4. The number of alkyl halides is 3. The first kappa shape index (κ1) is 22.8. The average Bonchev–Trinajstić information content (AvgIpc) is 3.27. The number of benzene rings is 2. The first-order chi connectivity index (χ1) is 16.1. The Morgan fingerprint density at radius 2 is 1.94 bits per heavy atom. The minimum atomic E-state index is -4.85. The van der Waals surface area contributed by atoms with Crippen molar-refractivity contribution in [3.63, 3.8) is 0 Å². The van der Waals surface area contributed by atoms with Crippen molar-refractivity contribution >= 4 is 17.7 Å². The molecule has 174 valence electrons. The molecule has 4 rings (SSSR count). The zero-order valence-electron chi connectivity index (χ0n) is 17.2. The summed E-state index contributed by atoms with van der Waals surface area (Å²) >= 11 is 0. The highest BCUT2D eigenvalue weighted by Crippen LogP contribution is 2.31. The summed E-state index contributed by atoms with van der Waals surface area (Å²) in [7, 11) is 0. The van der Waals surface area contributed by atoms with Gasteiger partial charge in [0.1, 0.15) is 11.5 Å². The fourth-order valence-electron chi connectivity index (χ4n) is 3.64. The molecule has 0 saturated carbocycles. The van der Waals surface area contributed by atoms with Crippen LogP contribution < -0.4 is 5.32 Å². The fourth-order valence-corrected chi connectivity index (χ4v) is 3.64. The van der Waals surface area contributed by atoms with Crippen LogP contribution in [0.3, 0.4) is 0 Å². The fraction of sp³-hybridized carbons (Fsp3) is 0.182. The number of fused-ring (bicyclic) bond motifs is 1. The van der Waals surface area contributed by atoms with Gasteiger partial charge in [-0.15, -0.1) is 0 Å². The second-order valence-corrected chi connectivity index (χ2v) is 7.46. The van der Waals surface area contributed by atoms with E-state index in [1.54, 1.807) is 0 Å². The Kier molecular flexibility index (Phi) is 5.70. The summed E-state index contributed by atoms with van der Waals surface area (Å²) in [4.78, 5) is 25.2. The molecule has 12 heteroatoms. The summed E-state index contributed by atoms with van der Waals surface area (Å²) < 4.78 is 55.7. The highest BCUT2D eigenvalue weighted by Gasteiger charge is 2.36. The van der Waals surface area contributed by atoms with Crippen LogP contribution in [0.25, 0.3) is 5.69 Å². The van der Waals surface area contributed by atoms with Crippen LogP contribution >= 0.6 is 0 Å². The average molecular weight is 473 g/mol. The number of rotatable bonds is 3. The maximum absolute atomic E-state index is 15.1. The molecule has 1 aliphatic heterocycles. The molecule has 34 heavy (non-hydrogen) atoms. The lowest BCUT2D eigenvalue weighted by molar-refractivity contribution is -0.141. The summed E-state index contributed by atoms with van der Waals surface area (Å²) in [6, 6.07) is 10.6. The van der Waals surface area contributed by atoms with Gasteiger partial charge in [-0.25, -0.2) is 13.9 Å². The van der Waals surface area contributed by atoms with Crippen molar-refractivity contribution in [1.82, 2.24) is 14.7 Å². The Morgan fingerprint density at radius 3 is 2.62 bits per heavy atom. The molecule has 3 aromatic rings. The molecule has 2 N–H and O–H groups in total. The third kappa shape index (κ3) is 4.27. The Hall–Kier alpha value is -4.40. The van der Waals surface area contributed by atoms with Crippen LogP contribution in [0.15, 0.2) is 42.5 Å². The van der Waals surface area contributed by atoms with E-state index in [4.69, 9.17) is 10.4 Å². The number of carboxylic acid groups (broad SMARTS) is 1. The molecular weight excluding hydrogens is 458 g/mol. The standard InChI is InChI=1S/C22H15F4N5O3/c23-19-15-6-7-30(21(33)34)11-13(15)4-5-16(19)28-20(32)17-9-18(22(24,25)26)29-31(17)14-3-1-2-12(8-14)10-27/h1-5,8-9H,6-7,11H2,(H,28,32)(H,33,34). The summed E-state index contributed by atoms with van der Waals surface area (Å²) in [5.41, 5.74) is -1.28. The Bertz CT molecular complexity index is 1340. The van der Waals surface area contributed by atoms with Crippen molar-refractivity contribution < 1.29 is 32.3 Å². The number of aromatic nitrogens is 2. The quantitative estimate of drug-likeness (QED) is 0.554. The van der Waals surface area contributed by atoms with E-state index >= 15 is 4.39 Å². The molecule has 2 aromatic carbocycles. The second kappa shape index (κ2) is 8.51. The van der Waals surface area contributed by atoms with Crippen molar-refractivity contribution in [2.45, 2.75) is 19.1 Å². The normalized spacial score (nSPS) is 13.2. The van der Waals surface area contributed by atoms with Gasteiger partial charge in [-0.3, -0.25) is 4.79 Å². The van der Waals surface area contributed by atoms with Crippen LogP contribution in [0, 0.1) is 17.1 Å². The van der Waals surface area contributed by atoms with E-state index in [0.717, 1.165) is 9.58 Å². The molecule has 0 unspecified atom stereocenters. The van der Waals surface area contributed by atoms with Gasteiger partial charge in [0.05, 0.1) is 23.0 Å². The summed E-state index contributed by atoms with van der Waals surface area (Å²) in [5.74, 6) is -1.84. The highest BCUT2D eigenvalue weighted by molar-refractivity contribution is 6.03. The smallest absolute Gasteiger partial charge is 0.435 e. The zero-order valence-corrected chi connectivity index (χ0v) is 17.2. The third-order valence-electron chi connectivity index (χ3n) is 5.30. The van der Waals surface area contributed by atoms with Gasteiger partial charge in [0, 0.05) is 19.2 Å². The molecular formula is C22H15F4N5O3. The van der Waals surface area contributed by atoms with Crippen molar-refractivity contribution in [2.24, 2.45) is 0 Å². The van der Waals surface area contributed by atoms with Gasteiger partial charge in [-0.1, -0.05) is 12.1 Å². The van der Waals surface area contributed by atoms with Crippen LogP contribution in [0.4, 0.5) is 28.0 Å². The zero-order chi connectivity index (χ0) is 24.6. The number of nitriles is 1. The number of carbonyl (C=O) groups excluding carboxylic acids is 1. The predicted molar refractivity (Wildman–Crippen MR) is 110 cm³/mol. The van der Waals surface area contributed by atoms with Gasteiger partial charge in [0.25, 0.3) is 5.91 Å². The maximum Gasteiger partial charge on any atom is 0.435 e. The number of halogens is 4. The largest absolute Gasteiger partial charge is 0.465 e. The molecule has 2 amide bonds. The molecule has 0 radical (unpaired) electrons. The first-order valence-electron chi connectivity index (χ1n) is 9.85. The molecule has 2 heterocycles. The lowest BCUT2D eigenvalue weighted by atomic mass is 9.98. The number of nitrogens with zero attached hydrogens (tertiary/aromatic N) is 4. The van der Waals surface area contributed by atoms with Crippen molar-refractivity contribution in [2.75, 3.05) is 11.9 Å². The molecule has 1 aromatic heterocycles. The van der Waals surface area contributed by atoms with Crippen LogP contribution in [0.2, 0.25) is 0 Å². The van der Waals surface area contributed by atoms with E-state index in [2.05, 4.69) is 10.4 Å². The van der Waals surface area contributed by atoms with Gasteiger partial charge in [-0.2, -0.15) is 23.5 Å². The minimum absolute atomic E-state index is 0.0211. The van der Waals surface area contributed by atoms with E-state index in [0.29, 0.717) is 11.6 Å². The SMILES string of the molecule is N#Cc1cccc(-n2nc(C(F)(F)F)cc2C(=O)Nc2ccc3c(c2F)CCN(C(=O)O)C3)c1. The number of amides is 2. The number of carbonyl (C=O) groups is 2. The molecule has 8 nitrogen and oxygen atoms in total. The second-order valence-electron chi connectivity index (χ2n) is 7.46. The van der Waals surface area contributed by atoms with Crippen LogP contribution in [-0.2, 0) is 19.1 Å². The van der Waals surface area contributed by atoms with Crippen LogP contribution in [0.5, 0.6) is 0 Å². The molecule has 0 bridgehead atoms. The van der Waals surface area contributed by atoms with E-state index in [1.165, 1.54) is 36.4 Å². The molecule has 0 saturated heterocycles. The predicted octanol–water partition coefficient (Wildman–Crippen LogP) is 4.19. The van der Waals surface area contributed by atoms with Crippen LogP contribution in [0.1, 0.15) is 32.9 Å². The van der Waals surface area contributed by atoms with Gasteiger partial charge in [0.2, 0.25) is 0 Å². The van der Waals surface area contributed by atoms with E-state index in [1.807, 2.05) is 6.07 Å². The Morgan fingerprint density at radius 1 is 1.18 bits per heavy atom. The Balaban J connectivity index is 1.69. The van der Waals surface area contributed by atoms with Gasteiger partial charge in [-0.05, 0) is 41.8 Å². The molecule has 0 atom stereocenters. The summed E-state index contributed by atoms with van der Waals surface area (Å²) in [6.45, 7) is 0.0420. The third-order valence-corrected chi connectivity index (χ3v) is 5.30. The molecule has 0 aliphatic carbocycles. The number of hydrogen-bond acceptors (Lipinski definition) is 4. The summed E-state index contributed by atoms with van der Waals surface area (Å²) in [5, 5.41) is 23.9. The maximum atomic E-state index is 15.1. The Labute approximate surface area is 189 Å².